The third kappa shape index (κ3) is 2.92. The SMILES string of the molecule is CCC(CC)(OP(=O)(O)O)C1(OC)C=CC=CC1. The number of rotatable bonds is 6. The molecule has 1 aliphatic carbocycles. The average Bonchev–Trinajstić information content (AvgIpc) is 2.35. The van der Waals surface area contributed by atoms with Crippen molar-refractivity contribution in [2.45, 2.75) is 44.3 Å². The van der Waals surface area contributed by atoms with Crippen LogP contribution in [0, 0.1) is 0 Å². The van der Waals surface area contributed by atoms with Crippen LogP contribution in [0.3, 0.4) is 0 Å². The van der Waals surface area contributed by atoms with Gasteiger partial charge in [0.2, 0.25) is 0 Å². The van der Waals surface area contributed by atoms with Crippen molar-refractivity contribution in [1.29, 1.82) is 0 Å². The second-order valence-corrected chi connectivity index (χ2v) is 5.53. The zero-order chi connectivity index (χ0) is 13.9. The maximum atomic E-state index is 11.2. The minimum absolute atomic E-state index is 0.445. The largest absolute Gasteiger partial charge is 0.470 e. The highest BCUT2D eigenvalue weighted by molar-refractivity contribution is 7.46. The van der Waals surface area contributed by atoms with E-state index in [0.29, 0.717) is 19.3 Å². The Morgan fingerprint density at radius 1 is 1.33 bits per heavy atom. The molecule has 0 spiro atoms. The lowest BCUT2D eigenvalue weighted by molar-refractivity contribution is -0.138. The van der Waals surface area contributed by atoms with Gasteiger partial charge in [-0.3, -0.25) is 4.52 Å². The Kier molecular flexibility index (Phi) is 4.92. The fraction of sp³-hybridized carbons (Fsp3) is 0.667. The average molecular weight is 276 g/mol. The standard InChI is InChI=1S/C12H21O5P/c1-4-11(5-2,17-18(13,14)15)12(16-3)9-7-6-8-10-12/h6-9H,4-5,10H2,1-3H3,(H2,13,14,15). The van der Waals surface area contributed by atoms with E-state index in [9.17, 15) is 4.57 Å². The summed E-state index contributed by atoms with van der Waals surface area (Å²) < 4.78 is 21.9. The fourth-order valence-corrected chi connectivity index (χ4v) is 3.43. The molecule has 6 heteroatoms. The molecule has 1 rings (SSSR count). The second kappa shape index (κ2) is 5.68. The molecule has 0 fully saturated rings. The quantitative estimate of drug-likeness (QED) is 0.729. The van der Waals surface area contributed by atoms with Crippen LogP contribution in [0.5, 0.6) is 0 Å². The van der Waals surface area contributed by atoms with Gasteiger partial charge in [0.05, 0.1) is 0 Å². The first-order valence-electron chi connectivity index (χ1n) is 6.00. The minimum atomic E-state index is -4.58. The maximum Gasteiger partial charge on any atom is 0.470 e. The molecule has 0 amide bonds. The van der Waals surface area contributed by atoms with E-state index in [1.54, 1.807) is 0 Å². The first-order valence-corrected chi connectivity index (χ1v) is 7.53. The van der Waals surface area contributed by atoms with Crippen LogP contribution in [0.4, 0.5) is 0 Å². The van der Waals surface area contributed by atoms with Gasteiger partial charge in [-0.2, -0.15) is 0 Å². The van der Waals surface area contributed by atoms with Crippen LogP contribution in [-0.2, 0) is 13.8 Å². The van der Waals surface area contributed by atoms with E-state index in [1.807, 2.05) is 38.2 Å². The molecule has 0 heterocycles. The highest BCUT2D eigenvalue weighted by Gasteiger charge is 2.52. The first-order chi connectivity index (χ1) is 8.35. The summed E-state index contributed by atoms with van der Waals surface area (Å²) in [6, 6.07) is 0. The van der Waals surface area contributed by atoms with Crippen molar-refractivity contribution in [1.82, 2.24) is 0 Å². The Balaban J connectivity index is 3.20. The zero-order valence-electron chi connectivity index (χ0n) is 11.0. The number of phosphoric acid groups is 1. The van der Waals surface area contributed by atoms with Crippen LogP contribution in [0.15, 0.2) is 24.3 Å². The summed E-state index contributed by atoms with van der Waals surface area (Å²) in [5, 5.41) is 0. The molecule has 18 heavy (non-hydrogen) atoms. The van der Waals surface area contributed by atoms with Crippen LogP contribution in [0.25, 0.3) is 0 Å². The summed E-state index contributed by atoms with van der Waals surface area (Å²) in [4.78, 5) is 18.3. The van der Waals surface area contributed by atoms with Crippen LogP contribution in [0.1, 0.15) is 33.1 Å². The Morgan fingerprint density at radius 3 is 2.28 bits per heavy atom. The molecule has 0 aliphatic heterocycles. The molecule has 1 atom stereocenters. The third-order valence-electron chi connectivity index (χ3n) is 3.61. The monoisotopic (exact) mass is 276 g/mol. The summed E-state index contributed by atoms with van der Waals surface area (Å²) in [5.41, 5.74) is -1.88. The van der Waals surface area contributed by atoms with Crippen LogP contribution in [0.2, 0.25) is 0 Å². The predicted molar refractivity (Wildman–Crippen MR) is 69.1 cm³/mol. The Bertz CT molecular complexity index is 380. The summed E-state index contributed by atoms with van der Waals surface area (Å²) >= 11 is 0. The molecule has 0 aromatic rings. The molecule has 104 valence electrons. The van der Waals surface area contributed by atoms with E-state index in [2.05, 4.69) is 0 Å². The van der Waals surface area contributed by atoms with Gasteiger partial charge in [-0.05, 0) is 18.9 Å². The predicted octanol–water partition coefficient (Wildman–Crippen LogP) is 2.56. The normalized spacial score (nSPS) is 24.5. The van der Waals surface area contributed by atoms with Crippen molar-refractivity contribution in [3.8, 4) is 0 Å². The van der Waals surface area contributed by atoms with Gasteiger partial charge in [-0.1, -0.05) is 32.1 Å². The van der Waals surface area contributed by atoms with Crippen molar-refractivity contribution in [3.05, 3.63) is 24.3 Å². The molecule has 0 saturated carbocycles. The van der Waals surface area contributed by atoms with Crippen molar-refractivity contribution in [3.63, 3.8) is 0 Å². The van der Waals surface area contributed by atoms with Gasteiger partial charge in [0, 0.05) is 13.5 Å². The second-order valence-electron chi connectivity index (χ2n) is 4.37. The van der Waals surface area contributed by atoms with E-state index >= 15 is 0 Å². The molecule has 0 saturated heterocycles. The van der Waals surface area contributed by atoms with Gasteiger partial charge >= 0.3 is 7.82 Å². The first kappa shape index (κ1) is 15.6. The number of ether oxygens (including phenoxy) is 1. The van der Waals surface area contributed by atoms with E-state index in [-0.39, 0.29) is 0 Å². The van der Waals surface area contributed by atoms with E-state index in [0.717, 1.165) is 0 Å². The number of hydrogen-bond donors (Lipinski definition) is 2. The number of hydrogen-bond acceptors (Lipinski definition) is 3. The van der Waals surface area contributed by atoms with E-state index in [1.165, 1.54) is 7.11 Å². The van der Waals surface area contributed by atoms with Crippen LogP contribution < -0.4 is 0 Å². The molecular weight excluding hydrogens is 255 g/mol. The van der Waals surface area contributed by atoms with Crippen molar-refractivity contribution >= 4 is 7.82 Å². The topological polar surface area (TPSA) is 76.0 Å². The van der Waals surface area contributed by atoms with Crippen LogP contribution in [-0.4, -0.2) is 28.1 Å². The summed E-state index contributed by atoms with van der Waals surface area (Å²) in [6.07, 6.45) is 8.84. The van der Waals surface area contributed by atoms with Crippen molar-refractivity contribution < 1.29 is 23.6 Å². The van der Waals surface area contributed by atoms with Crippen molar-refractivity contribution in [2.24, 2.45) is 0 Å². The lowest BCUT2D eigenvalue weighted by Gasteiger charge is -2.47. The minimum Gasteiger partial charge on any atom is -0.371 e. The Morgan fingerprint density at radius 2 is 1.94 bits per heavy atom. The molecule has 0 radical (unpaired) electrons. The molecule has 2 N–H and O–H groups in total. The van der Waals surface area contributed by atoms with Gasteiger partial charge in [-0.15, -0.1) is 0 Å². The van der Waals surface area contributed by atoms with E-state index < -0.39 is 19.0 Å². The van der Waals surface area contributed by atoms with Crippen molar-refractivity contribution in [2.75, 3.05) is 7.11 Å². The van der Waals surface area contributed by atoms with Gasteiger partial charge in [-0.25, -0.2) is 4.57 Å². The molecule has 1 unspecified atom stereocenters. The molecular formula is C12H21O5P. The number of phosphoric ester groups is 1. The Hall–Kier alpha value is -0.450. The van der Waals surface area contributed by atoms with Gasteiger partial charge in [0.25, 0.3) is 0 Å². The molecule has 5 nitrogen and oxygen atoms in total. The molecule has 0 aromatic heterocycles. The lowest BCUT2D eigenvalue weighted by Crippen LogP contribution is -2.55. The third-order valence-corrected chi connectivity index (χ3v) is 4.19. The zero-order valence-corrected chi connectivity index (χ0v) is 11.9. The molecule has 1 aliphatic rings. The number of methoxy groups -OCH3 is 1. The molecule has 0 bridgehead atoms. The van der Waals surface area contributed by atoms with Crippen LogP contribution >= 0.6 is 7.82 Å². The van der Waals surface area contributed by atoms with Gasteiger partial charge in [0.15, 0.2) is 0 Å². The summed E-state index contributed by atoms with van der Waals surface area (Å²) in [7, 11) is -3.05. The summed E-state index contributed by atoms with van der Waals surface area (Å²) in [6.45, 7) is 3.68. The van der Waals surface area contributed by atoms with E-state index in [4.69, 9.17) is 19.0 Å². The Labute approximate surface area is 108 Å². The van der Waals surface area contributed by atoms with Gasteiger partial charge < -0.3 is 14.5 Å². The molecule has 0 aromatic carbocycles. The smallest absolute Gasteiger partial charge is 0.371 e. The highest BCUT2D eigenvalue weighted by Crippen LogP contribution is 2.51. The number of allylic oxidation sites excluding steroid dienone is 2. The lowest BCUT2D eigenvalue weighted by atomic mass is 9.75. The fourth-order valence-electron chi connectivity index (χ4n) is 2.56. The summed E-state index contributed by atoms with van der Waals surface area (Å²) in [5.74, 6) is 0. The van der Waals surface area contributed by atoms with Gasteiger partial charge in [0.1, 0.15) is 11.2 Å². The maximum absolute atomic E-state index is 11.2. The highest BCUT2D eigenvalue weighted by atomic mass is 31.2.